The molecule has 3 nitrogen and oxygen atoms in total. The Morgan fingerprint density at radius 1 is 1.44 bits per heavy atom. The van der Waals surface area contributed by atoms with E-state index in [2.05, 4.69) is 4.98 Å². The summed E-state index contributed by atoms with van der Waals surface area (Å²) in [5.41, 5.74) is 1.88. The quantitative estimate of drug-likeness (QED) is 0.838. The summed E-state index contributed by atoms with van der Waals surface area (Å²) in [4.78, 5) is 14.0. The number of fused-ring (bicyclic) bond motifs is 1. The van der Waals surface area contributed by atoms with Gasteiger partial charge in [-0.05, 0) is 29.7 Å². The largest absolute Gasteiger partial charge is 0.477 e. The van der Waals surface area contributed by atoms with Gasteiger partial charge in [-0.1, -0.05) is 25.4 Å². The van der Waals surface area contributed by atoms with Crippen LogP contribution in [0.3, 0.4) is 0 Å². The number of hydrogen-bond acceptors (Lipinski definition) is 1. The second-order valence-corrected chi connectivity index (χ2v) is 4.50. The number of halogens is 1. The second-order valence-electron chi connectivity index (χ2n) is 4.06. The van der Waals surface area contributed by atoms with Crippen LogP contribution in [0.4, 0.5) is 0 Å². The fraction of sp³-hybridized carbons (Fsp3) is 0.250. The van der Waals surface area contributed by atoms with Crippen molar-refractivity contribution in [3.63, 3.8) is 0 Å². The monoisotopic (exact) mass is 237 g/mol. The molecule has 2 rings (SSSR count). The van der Waals surface area contributed by atoms with Crippen LogP contribution in [0, 0.1) is 0 Å². The number of rotatable bonds is 2. The SMILES string of the molecule is CC(C)c1c(C(=O)O)[nH]c2ccc(Cl)cc12. The van der Waals surface area contributed by atoms with Crippen molar-refractivity contribution in [1.29, 1.82) is 0 Å². The normalized spacial score (nSPS) is 11.2. The lowest BCUT2D eigenvalue weighted by molar-refractivity contribution is 0.0690. The fourth-order valence-electron chi connectivity index (χ4n) is 1.95. The molecule has 2 N–H and O–H groups in total. The molecule has 0 amide bonds. The Labute approximate surface area is 98.0 Å². The molecule has 0 spiro atoms. The predicted molar refractivity (Wildman–Crippen MR) is 64.4 cm³/mol. The van der Waals surface area contributed by atoms with Crippen molar-refractivity contribution in [2.24, 2.45) is 0 Å². The predicted octanol–water partition coefficient (Wildman–Crippen LogP) is 3.64. The molecule has 4 heteroatoms. The van der Waals surface area contributed by atoms with Crippen LogP contribution >= 0.6 is 11.6 Å². The number of aromatic amines is 1. The van der Waals surface area contributed by atoms with Crippen LogP contribution in [0.1, 0.15) is 35.8 Å². The van der Waals surface area contributed by atoms with Crippen molar-refractivity contribution in [1.82, 2.24) is 4.98 Å². The Morgan fingerprint density at radius 3 is 2.69 bits per heavy atom. The minimum Gasteiger partial charge on any atom is -0.477 e. The minimum absolute atomic E-state index is 0.137. The Bertz CT molecular complexity index is 557. The Kier molecular flexibility index (Phi) is 2.64. The molecule has 0 atom stereocenters. The van der Waals surface area contributed by atoms with Gasteiger partial charge >= 0.3 is 5.97 Å². The van der Waals surface area contributed by atoms with Gasteiger partial charge in [0.15, 0.2) is 0 Å². The molecular weight excluding hydrogens is 226 g/mol. The summed E-state index contributed by atoms with van der Waals surface area (Å²) in [6, 6.07) is 5.35. The van der Waals surface area contributed by atoms with Crippen molar-refractivity contribution in [2.45, 2.75) is 19.8 Å². The third-order valence-corrected chi connectivity index (χ3v) is 2.83. The third-order valence-electron chi connectivity index (χ3n) is 2.59. The standard InChI is InChI=1S/C12H12ClNO2/c1-6(2)10-8-5-7(13)3-4-9(8)14-11(10)12(15)16/h3-6,14H,1-2H3,(H,15,16). The zero-order valence-electron chi connectivity index (χ0n) is 9.04. The summed E-state index contributed by atoms with van der Waals surface area (Å²) in [6.07, 6.45) is 0. The van der Waals surface area contributed by atoms with E-state index in [0.717, 1.165) is 16.5 Å². The molecule has 0 aliphatic rings. The van der Waals surface area contributed by atoms with Gasteiger partial charge < -0.3 is 10.1 Å². The molecule has 84 valence electrons. The fourth-order valence-corrected chi connectivity index (χ4v) is 2.13. The van der Waals surface area contributed by atoms with Crippen molar-refractivity contribution in [2.75, 3.05) is 0 Å². The molecule has 0 bridgehead atoms. The maximum atomic E-state index is 11.1. The van der Waals surface area contributed by atoms with Crippen molar-refractivity contribution >= 4 is 28.5 Å². The van der Waals surface area contributed by atoms with E-state index in [4.69, 9.17) is 16.7 Å². The first-order valence-electron chi connectivity index (χ1n) is 5.05. The highest BCUT2D eigenvalue weighted by molar-refractivity contribution is 6.31. The third kappa shape index (κ3) is 1.67. The number of benzene rings is 1. The first-order valence-corrected chi connectivity index (χ1v) is 5.43. The first-order chi connectivity index (χ1) is 7.50. The lowest BCUT2D eigenvalue weighted by atomic mass is 9.99. The highest BCUT2D eigenvalue weighted by Gasteiger charge is 2.19. The molecular formula is C12H12ClNO2. The van der Waals surface area contributed by atoms with Crippen molar-refractivity contribution in [3.8, 4) is 0 Å². The Morgan fingerprint density at radius 2 is 2.12 bits per heavy atom. The molecule has 0 aliphatic heterocycles. The Hall–Kier alpha value is -1.48. The van der Waals surface area contributed by atoms with E-state index in [9.17, 15) is 4.79 Å². The summed E-state index contributed by atoms with van der Waals surface area (Å²) >= 11 is 5.92. The van der Waals surface area contributed by atoms with E-state index in [1.54, 1.807) is 18.2 Å². The van der Waals surface area contributed by atoms with Gasteiger partial charge in [0.05, 0.1) is 0 Å². The second kappa shape index (κ2) is 3.83. The number of carbonyl (C=O) groups is 1. The van der Waals surface area contributed by atoms with E-state index >= 15 is 0 Å². The van der Waals surface area contributed by atoms with E-state index < -0.39 is 5.97 Å². The van der Waals surface area contributed by atoms with Gasteiger partial charge in [-0.3, -0.25) is 0 Å². The number of nitrogens with one attached hydrogen (secondary N) is 1. The smallest absolute Gasteiger partial charge is 0.352 e. The van der Waals surface area contributed by atoms with Gasteiger partial charge in [-0.2, -0.15) is 0 Å². The molecule has 16 heavy (non-hydrogen) atoms. The van der Waals surface area contributed by atoms with Crippen LogP contribution in [0.15, 0.2) is 18.2 Å². The van der Waals surface area contributed by atoms with E-state index in [-0.39, 0.29) is 11.6 Å². The number of aromatic nitrogens is 1. The van der Waals surface area contributed by atoms with Gasteiger partial charge in [-0.25, -0.2) is 4.79 Å². The molecule has 1 aromatic heterocycles. The number of carboxylic acids is 1. The van der Waals surface area contributed by atoms with Gasteiger partial charge in [-0.15, -0.1) is 0 Å². The summed E-state index contributed by atoms with van der Waals surface area (Å²) in [5, 5.41) is 10.6. The maximum Gasteiger partial charge on any atom is 0.352 e. The number of carboxylic acid groups (broad SMARTS) is 1. The van der Waals surface area contributed by atoms with Crippen LogP contribution in [0.2, 0.25) is 5.02 Å². The van der Waals surface area contributed by atoms with Gasteiger partial charge in [0, 0.05) is 15.9 Å². The number of hydrogen-bond donors (Lipinski definition) is 2. The summed E-state index contributed by atoms with van der Waals surface area (Å²) in [6.45, 7) is 3.94. The zero-order chi connectivity index (χ0) is 11.9. The summed E-state index contributed by atoms with van der Waals surface area (Å²) in [7, 11) is 0. The van der Waals surface area contributed by atoms with Gasteiger partial charge in [0.25, 0.3) is 0 Å². The summed E-state index contributed by atoms with van der Waals surface area (Å²) in [5.74, 6) is -0.797. The van der Waals surface area contributed by atoms with Gasteiger partial charge in [0.1, 0.15) is 5.69 Å². The molecule has 1 heterocycles. The average Bonchev–Trinajstić information content (AvgIpc) is 2.55. The molecule has 2 aromatic rings. The molecule has 0 aliphatic carbocycles. The van der Waals surface area contributed by atoms with E-state index in [1.807, 2.05) is 13.8 Å². The van der Waals surface area contributed by atoms with Crippen LogP contribution in [-0.2, 0) is 0 Å². The van der Waals surface area contributed by atoms with Crippen molar-refractivity contribution < 1.29 is 9.90 Å². The maximum absolute atomic E-state index is 11.1. The van der Waals surface area contributed by atoms with E-state index in [1.165, 1.54) is 0 Å². The number of aromatic carboxylic acids is 1. The minimum atomic E-state index is -0.934. The molecule has 0 fully saturated rings. The van der Waals surface area contributed by atoms with Crippen LogP contribution in [0.25, 0.3) is 10.9 Å². The highest BCUT2D eigenvalue weighted by Crippen LogP contribution is 2.30. The topological polar surface area (TPSA) is 53.1 Å². The molecule has 1 aromatic carbocycles. The van der Waals surface area contributed by atoms with Crippen LogP contribution < -0.4 is 0 Å². The average molecular weight is 238 g/mol. The van der Waals surface area contributed by atoms with Crippen LogP contribution in [0.5, 0.6) is 0 Å². The summed E-state index contributed by atoms with van der Waals surface area (Å²) < 4.78 is 0. The first kappa shape index (κ1) is 11.0. The van der Waals surface area contributed by atoms with E-state index in [0.29, 0.717) is 5.02 Å². The highest BCUT2D eigenvalue weighted by atomic mass is 35.5. The lowest BCUT2D eigenvalue weighted by Gasteiger charge is -2.04. The zero-order valence-corrected chi connectivity index (χ0v) is 9.80. The molecule has 0 unspecified atom stereocenters. The number of H-pyrrole nitrogens is 1. The van der Waals surface area contributed by atoms with Crippen LogP contribution in [-0.4, -0.2) is 16.1 Å². The van der Waals surface area contributed by atoms with Gasteiger partial charge in [0.2, 0.25) is 0 Å². The Balaban J connectivity index is 2.82. The molecule has 0 saturated heterocycles. The molecule has 0 radical (unpaired) electrons. The molecule has 0 saturated carbocycles. The lowest BCUT2D eigenvalue weighted by Crippen LogP contribution is -2.02. The van der Waals surface area contributed by atoms with Crippen molar-refractivity contribution in [3.05, 3.63) is 34.5 Å².